The largest absolute Gasteiger partial charge is 0.370 e. The van der Waals surface area contributed by atoms with Crippen LogP contribution in [0.25, 0.3) is 0 Å². The molecule has 4 nitrogen and oxygen atoms in total. The number of aromatic nitrogens is 2. The number of nitrogens with zero attached hydrogens (tertiary/aromatic N) is 2. The number of carbonyl (C=O) groups is 1. The molecule has 1 aromatic rings. The zero-order chi connectivity index (χ0) is 9.14. The Hall–Kier alpha value is -1.32. The summed E-state index contributed by atoms with van der Waals surface area (Å²) in [5, 5.41) is 4.19. The molecule has 1 rings (SSSR count). The highest BCUT2D eigenvalue weighted by Crippen LogP contribution is 2.06. The van der Waals surface area contributed by atoms with Crippen molar-refractivity contribution in [1.29, 1.82) is 0 Å². The van der Waals surface area contributed by atoms with Crippen molar-refractivity contribution in [3.05, 3.63) is 17.5 Å². The average Bonchev–Trinajstić information content (AvgIpc) is 2.26. The maximum Gasteiger partial charge on any atom is 0.217 e. The minimum atomic E-state index is -0.278. The number of aryl methyl sites for hydroxylation is 3. The second-order valence-electron chi connectivity index (χ2n) is 2.90. The zero-order valence-corrected chi connectivity index (χ0v) is 7.37. The molecule has 0 aliphatic rings. The van der Waals surface area contributed by atoms with E-state index >= 15 is 0 Å². The van der Waals surface area contributed by atoms with Crippen molar-refractivity contribution in [2.75, 3.05) is 0 Å². The summed E-state index contributed by atoms with van der Waals surface area (Å²) < 4.78 is 1.74. The number of hydrogen-bond acceptors (Lipinski definition) is 2. The van der Waals surface area contributed by atoms with Gasteiger partial charge in [-0.05, 0) is 12.5 Å². The van der Waals surface area contributed by atoms with Gasteiger partial charge in [0.25, 0.3) is 0 Å². The topological polar surface area (TPSA) is 60.9 Å². The average molecular weight is 167 g/mol. The predicted molar refractivity (Wildman–Crippen MR) is 45.5 cm³/mol. The number of nitrogens with two attached hydrogens (primary N) is 1. The normalized spacial score (nSPS) is 10.2. The van der Waals surface area contributed by atoms with Gasteiger partial charge in [-0.3, -0.25) is 9.48 Å². The fourth-order valence-corrected chi connectivity index (χ4v) is 1.14. The van der Waals surface area contributed by atoms with Crippen molar-refractivity contribution in [2.24, 2.45) is 12.8 Å². The van der Waals surface area contributed by atoms with Gasteiger partial charge in [-0.2, -0.15) is 5.10 Å². The van der Waals surface area contributed by atoms with Gasteiger partial charge in [0.1, 0.15) is 0 Å². The van der Waals surface area contributed by atoms with Gasteiger partial charge in [-0.15, -0.1) is 0 Å². The lowest BCUT2D eigenvalue weighted by Crippen LogP contribution is -2.11. The SMILES string of the molecule is Cc1cn(C)nc1CCC(N)=O. The smallest absolute Gasteiger partial charge is 0.217 e. The van der Waals surface area contributed by atoms with E-state index < -0.39 is 0 Å². The molecule has 66 valence electrons. The Balaban J connectivity index is 2.62. The first-order chi connectivity index (χ1) is 5.59. The molecule has 0 spiro atoms. The molecule has 0 saturated heterocycles. The van der Waals surface area contributed by atoms with Crippen LogP contribution in [0.1, 0.15) is 17.7 Å². The summed E-state index contributed by atoms with van der Waals surface area (Å²) in [6.07, 6.45) is 2.94. The molecule has 0 aliphatic heterocycles. The minimum absolute atomic E-state index is 0.278. The standard InChI is InChI=1S/C8H13N3O/c1-6-5-11(2)10-7(6)3-4-8(9)12/h5H,3-4H2,1-2H3,(H2,9,12). The van der Waals surface area contributed by atoms with E-state index in [-0.39, 0.29) is 5.91 Å². The Labute approximate surface area is 71.4 Å². The van der Waals surface area contributed by atoms with Crippen molar-refractivity contribution in [1.82, 2.24) is 9.78 Å². The molecule has 0 saturated carbocycles. The molecule has 0 atom stereocenters. The summed E-state index contributed by atoms with van der Waals surface area (Å²) >= 11 is 0. The Morgan fingerprint density at radius 2 is 2.42 bits per heavy atom. The molecule has 0 fully saturated rings. The van der Waals surface area contributed by atoms with Crippen molar-refractivity contribution in [3.63, 3.8) is 0 Å². The van der Waals surface area contributed by atoms with Gasteiger partial charge < -0.3 is 5.73 Å². The van der Waals surface area contributed by atoms with E-state index in [0.717, 1.165) is 11.3 Å². The lowest BCUT2D eigenvalue weighted by molar-refractivity contribution is -0.118. The third kappa shape index (κ3) is 2.08. The Bertz CT molecular complexity index is 290. The monoisotopic (exact) mass is 167 g/mol. The molecule has 1 aromatic heterocycles. The van der Waals surface area contributed by atoms with Crippen LogP contribution in [0.15, 0.2) is 6.20 Å². The first kappa shape index (κ1) is 8.77. The van der Waals surface area contributed by atoms with Crippen LogP contribution < -0.4 is 5.73 Å². The lowest BCUT2D eigenvalue weighted by Gasteiger charge is -1.93. The third-order valence-electron chi connectivity index (χ3n) is 1.72. The summed E-state index contributed by atoms with van der Waals surface area (Å²) in [5.74, 6) is -0.278. The molecule has 4 heteroatoms. The second kappa shape index (κ2) is 3.38. The number of hydrogen-bond donors (Lipinski definition) is 1. The molecular formula is C8H13N3O. The highest BCUT2D eigenvalue weighted by Gasteiger charge is 2.04. The van der Waals surface area contributed by atoms with Gasteiger partial charge >= 0.3 is 0 Å². The van der Waals surface area contributed by atoms with Crippen LogP contribution in [-0.2, 0) is 18.3 Å². The first-order valence-corrected chi connectivity index (χ1v) is 3.87. The Morgan fingerprint density at radius 3 is 2.83 bits per heavy atom. The molecule has 12 heavy (non-hydrogen) atoms. The molecular weight excluding hydrogens is 154 g/mol. The van der Waals surface area contributed by atoms with Crippen LogP contribution >= 0.6 is 0 Å². The summed E-state index contributed by atoms with van der Waals surface area (Å²) in [6.45, 7) is 1.98. The highest BCUT2D eigenvalue weighted by atomic mass is 16.1. The van der Waals surface area contributed by atoms with Crippen LogP contribution in [0.2, 0.25) is 0 Å². The van der Waals surface area contributed by atoms with E-state index in [2.05, 4.69) is 5.10 Å². The van der Waals surface area contributed by atoms with Crippen LogP contribution in [-0.4, -0.2) is 15.7 Å². The van der Waals surface area contributed by atoms with Crippen LogP contribution in [0.4, 0.5) is 0 Å². The number of rotatable bonds is 3. The Kier molecular flexibility index (Phi) is 2.47. The summed E-state index contributed by atoms with van der Waals surface area (Å²) in [4.78, 5) is 10.5. The van der Waals surface area contributed by atoms with Gasteiger partial charge in [-0.1, -0.05) is 0 Å². The predicted octanol–water partition coefficient (Wildman–Crippen LogP) is 0.146. The van der Waals surface area contributed by atoms with Gasteiger partial charge in [0.2, 0.25) is 5.91 Å². The van der Waals surface area contributed by atoms with Crippen molar-refractivity contribution >= 4 is 5.91 Å². The summed E-state index contributed by atoms with van der Waals surface area (Å²) in [7, 11) is 1.86. The van der Waals surface area contributed by atoms with Crippen molar-refractivity contribution < 1.29 is 4.79 Å². The van der Waals surface area contributed by atoms with Crippen LogP contribution in [0, 0.1) is 6.92 Å². The number of primary amides is 1. The molecule has 0 bridgehead atoms. The highest BCUT2D eigenvalue weighted by molar-refractivity contribution is 5.73. The fraction of sp³-hybridized carbons (Fsp3) is 0.500. The number of carbonyl (C=O) groups excluding carboxylic acids is 1. The van der Waals surface area contributed by atoms with E-state index in [1.165, 1.54) is 0 Å². The number of amides is 1. The summed E-state index contributed by atoms with van der Waals surface area (Å²) in [6, 6.07) is 0. The quantitative estimate of drug-likeness (QED) is 0.696. The van der Waals surface area contributed by atoms with Crippen molar-refractivity contribution in [2.45, 2.75) is 19.8 Å². The maximum atomic E-state index is 10.5. The maximum absolute atomic E-state index is 10.5. The zero-order valence-electron chi connectivity index (χ0n) is 7.37. The third-order valence-corrected chi connectivity index (χ3v) is 1.72. The molecule has 0 radical (unpaired) electrons. The van der Waals surface area contributed by atoms with E-state index in [9.17, 15) is 4.79 Å². The van der Waals surface area contributed by atoms with E-state index in [0.29, 0.717) is 12.8 Å². The second-order valence-corrected chi connectivity index (χ2v) is 2.90. The van der Waals surface area contributed by atoms with E-state index in [1.807, 2.05) is 20.2 Å². The Morgan fingerprint density at radius 1 is 1.75 bits per heavy atom. The summed E-state index contributed by atoms with van der Waals surface area (Å²) in [5.41, 5.74) is 7.09. The molecule has 0 aliphatic carbocycles. The van der Waals surface area contributed by atoms with Gasteiger partial charge in [0.15, 0.2) is 0 Å². The van der Waals surface area contributed by atoms with Crippen LogP contribution in [0.5, 0.6) is 0 Å². The molecule has 0 unspecified atom stereocenters. The first-order valence-electron chi connectivity index (χ1n) is 3.87. The van der Waals surface area contributed by atoms with Crippen LogP contribution in [0.3, 0.4) is 0 Å². The van der Waals surface area contributed by atoms with Crippen molar-refractivity contribution in [3.8, 4) is 0 Å². The molecule has 1 amide bonds. The van der Waals surface area contributed by atoms with E-state index in [4.69, 9.17) is 5.73 Å². The van der Waals surface area contributed by atoms with Gasteiger partial charge in [0, 0.05) is 26.1 Å². The molecule has 1 heterocycles. The molecule has 0 aromatic carbocycles. The van der Waals surface area contributed by atoms with Gasteiger partial charge in [-0.25, -0.2) is 0 Å². The minimum Gasteiger partial charge on any atom is -0.370 e. The van der Waals surface area contributed by atoms with E-state index in [1.54, 1.807) is 4.68 Å². The fourth-order valence-electron chi connectivity index (χ4n) is 1.14. The van der Waals surface area contributed by atoms with Gasteiger partial charge in [0.05, 0.1) is 5.69 Å². The molecule has 2 N–H and O–H groups in total. The lowest BCUT2D eigenvalue weighted by atomic mass is 10.2.